The van der Waals surface area contributed by atoms with Crippen molar-refractivity contribution in [2.24, 2.45) is 0 Å². The van der Waals surface area contributed by atoms with E-state index in [4.69, 9.17) is 23.2 Å². The molecule has 0 heterocycles. The number of aryl methyl sites for hydroxylation is 1. The van der Waals surface area contributed by atoms with Gasteiger partial charge in [-0.05, 0) is 81.3 Å². The summed E-state index contributed by atoms with van der Waals surface area (Å²) in [6.07, 6.45) is 0. The average molecular weight is 485 g/mol. The monoisotopic (exact) mass is 483 g/mol. The second kappa shape index (κ2) is 6.64. The molecule has 0 aromatic heterocycles. The highest BCUT2D eigenvalue weighted by Crippen LogP contribution is 2.29. The Morgan fingerprint density at radius 1 is 1.20 bits per heavy atom. The molecule has 0 aliphatic carbocycles. The fraction of sp³-hybridized carbons (Fsp3) is 0.0714. The fourth-order valence-corrected chi connectivity index (χ4v) is 2.81. The van der Waals surface area contributed by atoms with E-state index in [0.29, 0.717) is 21.3 Å². The van der Waals surface area contributed by atoms with E-state index in [1.165, 1.54) is 0 Å². The molecule has 0 radical (unpaired) electrons. The summed E-state index contributed by atoms with van der Waals surface area (Å²) in [4.78, 5) is 12.2. The standard InChI is InChI=1S/C14H9BrCl2INO/c1-7-4-9(15)13(6-10(7)16)19-14(20)8-2-3-12(18)11(17)5-8/h2-6H,1H3,(H,19,20). The topological polar surface area (TPSA) is 29.1 Å². The van der Waals surface area contributed by atoms with Crippen molar-refractivity contribution in [2.75, 3.05) is 5.32 Å². The fourth-order valence-electron chi connectivity index (χ4n) is 1.57. The molecule has 0 unspecified atom stereocenters. The van der Waals surface area contributed by atoms with Gasteiger partial charge in [-0.25, -0.2) is 0 Å². The third kappa shape index (κ3) is 3.67. The first-order valence-corrected chi connectivity index (χ1v) is 8.23. The van der Waals surface area contributed by atoms with Gasteiger partial charge in [0.15, 0.2) is 0 Å². The predicted molar refractivity (Wildman–Crippen MR) is 96.0 cm³/mol. The minimum atomic E-state index is -0.232. The summed E-state index contributed by atoms with van der Waals surface area (Å²) in [5, 5.41) is 3.97. The molecule has 0 saturated heterocycles. The Morgan fingerprint density at radius 3 is 2.55 bits per heavy atom. The van der Waals surface area contributed by atoms with Crippen LogP contribution < -0.4 is 5.32 Å². The number of amides is 1. The Bertz CT molecular complexity index is 691. The van der Waals surface area contributed by atoms with Crippen LogP contribution in [0.5, 0.6) is 0 Å². The molecule has 2 aromatic rings. The van der Waals surface area contributed by atoms with Gasteiger partial charge < -0.3 is 5.32 Å². The number of carbonyl (C=O) groups is 1. The molecule has 2 rings (SSSR count). The van der Waals surface area contributed by atoms with Gasteiger partial charge in [0.2, 0.25) is 0 Å². The minimum Gasteiger partial charge on any atom is -0.321 e. The zero-order valence-electron chi connectivity index (χ0n) is 10.3. The maximum atomic E-state index is 12.2. The highest BCUT2D eigenvalue weighted by molar-refractivity contribution is 14.1. The molecule has 20 heavy (non-hydrogen) atoms. The second-order valence-corrected chi connectivity index (χ2v) is 7.00. The van der Waals surface area contributed by atoms with Crippen LogP contribution in [-0.2, 0) is 0 Å². The summed E-state index contributed by atoms with van der Waals surface area (Å²) in [7, 11) is 0. The highest BCUT2D eigenvalue weighted by Gasteiger charge is 2.11. The van der Waals surface area contributed by atoms with Crippen molar-refractivity contribution in [2.45, 2.75) is 6.92 Å². The maximum absolute atomic E-state index is 12.2. The molecule has 0 fully saturated rings. The zero-order chi connectivity index (χ0) is 14.9. The van der Waals surface area contributed by atoms with E-state index in [1.54, 1.807) is 24.3 Å². The lowest BCUT2D eigenvalue weighted by Gasteiger charge is -2.10. The largest absolute Gasteiger partial charge is 0.321 e. The Kier molecular flexibility index (Phi) is 5.34. The first-order valence-electron chi connectivity index (χ1n) is 5.60. The van der Waals surface area contributed by atoms with Crippen molar-refractivity contribution >= 4 is 73.3 Å². The molecular formula is C14H9BrCl2INO. The van der Waals surface area contributed by atoms with Crippen molar-refractivity contribution in [1.82, 2.24) is 0 Å². The van der Waals surface area contributed by atoms with Gasteiger partial charge in [-0.3, -0.25) is 4.79 Å². The van der Waals surface area contributed by atoms with Crippen LogP contribution in [0.3, 0.4) is 0 Å². The molecule has 0 atom stereocenters. The van der Waals surface area contributed by atoms with E-state index in [0.717, 1.165) is 13.6 Å². The maximum Gasteiger partial charge on any atom is 0.255 e. The molecule has 2 aromatic carbocycles. The molecule has 1 amide bonds. The molecule has 0 aliphatic heterocycles. The van der Waals surface area contributed by atoms with Crippen LogP contribution in [0.15, 0.2) is 34.8 Å². The number of carbonyl (C=O) groups excluding carboxylic acids is 1. The molecule has 0 saturated carbocycles. The molecule has 0 bridgehead atoms. The Balaban J connectivity index is 2.27. The number of benzene rings is 2. The smallest absolute Gasteiger partial charge is 0.255 e. The van der Waals surface area contributed by atoms with Gasteiger partial charge in [-0.1, -0.05) is 23.2 Å². The van der Waals surface area contributed by atoms with Gasteiger partial charge in [-0.15, -0.1) is 0 Å². The lowest BCUT2D eigenvalue weighted by Crippen LogP contribution is -2.12. The SMILES string of the molecule is Cc1cc(Br)c(NC(=O)c2ccc(I)c(Cl)c2)cc1Cl. The summed E-state index contributed by atoms with van der Waals surface area (Å²) in [6, 6.07) is 8.75. The van der Waals surface area contributed by atoms with Crippen molar-refractivity contribution in [3.63, 3.8) is 0 Å². The lowest BCUT2D eigenvalue weighted by molar-refractivity contribution is 0.102. The normalized spacial score (nSPS) is 10.4. The minimum absolute atomic E-state index is 0.232. The van der Waals surface area contributed by atoms with Crippen LogP contribution in [-0.4, -0.2) is 5.91 Å². The molecule has 104 valence electrons. The molecule has 2 nitrogen and oxygen atoms in total. The summed E-state index contributed by atoms with van der Waals surface area (Å²) in [5.74, 6) is -0.232. The van der Waals surface area contributed by atoms with Gasteiger partial charge in [0.1, 0.15) is 0 Å². The van der Waals surface area contributed by atoms with E-state index in [2.05, 4.69) is 43.8 Å². The van der Waals surface area contributed by atoms with E-state index in [-0.39, 0.29) is 5.91 Å². The molecular weight excluding hydrogens is 476 g/mol. The van der Waals surface area contributed by atoms with E-state index in [1.807, 2.05) is 13.0 Å². The van der Waals surface area contributed by atoms with Crippen molar-refractivity contribution in [3.05, 3.63) is 59.5 Å². The van der Waals surface area contributed by atoms with Crippen LogP contribution in [0.4, 0.5) is 5.69 Å². The number of hydrogen-bond donors (Lipinski definition) is 1. The van der Waals surface area contributed by atoms with E-state index < -0.39 is 0 Å². The summed E-state index contributed by atoms with van der Waals surface area (Å²) in [6.45, 7) is 1.90. The number of nitrogens with one attached hydrogen (secondary N) is 1. The summed E-state index contributed by atoms with van der Waals surface area (Å²) >= 11 is 17.6. The van der Waals surface area contributed by atoms with E-state index in [9.17, 15) is 4.79 Å². The van der Waals surface area contributed by atoms with Gasteiger partial charge in [-0.2, -0.15) is 0 Å². The first-order chi connectivity index (χ1) is 9.38. The van der Waals surface area contributed by atoms with Gasteiger partial charge in [0.05, 0.1) is 10.7 Å². The summed E-state index contributed by atoms with van der Waals surface area (Å²) < 4.78 is 1.68. The second-order valence-electron chi connectivity index (χ2n) is 4.16. The Morgan fingerprint density at radius 2 is 1.90 bits per heavy atom. The zero-order valence-corrected chi connectivity index (χ0v) is 15.6. The number of rotatable bonds is 2. The van der Waals surface area contributed by atoms with E-state index >= 15 is 0 Å². The van der Waals surface area contributed by atoms with Crippen molar-refractivity contribution in [3.8, 4) is 0 Å². The third-order valence-corrected chi connectivity index (χ3v) is 5.31. The third-order valence-electron chi connectivity index (χ3n) is 2.68. The van der Waals surface area contributed by atoms with Crippen LogP contribution >= 0.6 is 61.7 Å². The van der Waals surface area contributed by atoms with Crippen LogP contribution in [0.1, 0.15) is 15.9 Å². The van der Waals surface area contributed by atoms with Gasteiger partial charge in [0, 0.05) is 18.6 Å². The molecule has 0 spiro atoms. The number of hydrogen-bond acceptors (Lipinski definition) is 1. The molecule has 6 heteroatoms. The predicted octanol–water partition coefficient (Wildman–Crippen LogP) is 5.92. The molecule has 0 aliphatic rings. The Labute approximate surface area is 149 Å². The quantitative estimate of drug-likeness (QED) is 0.527. The Hall–Kier alpha value is -0.300. The van der Waals surface area contributed by atoms with Crippen LogP contribution in [0.2, 0.25) is 10.0 Å². The summed E-state index contributed by atoms with van der Waals surface area (Å²) in [5.41, 5.74) is 2.06. The van der Waals surface area contributed by atoms with Gasteiger partial charge >= 0.3 is 0 Å². The molecule has 1 N–H and O–H groups in total. The van der Waals surface area contributed by atoms with Crippen molar-refractivity contribution < 1.29 is 4.79 Å². The van der Waals surface area contributed by atoms with Gasteiger partial charge in [0.25, 0.3) is 5.91 Å². The average Bonchev–Trinajstić information content (AvgIpc) is 2.39. The van der Waals surface area contributed by atoms with Crippen molar-refractivity contribution in [1.29, 1.82) is 0 Å². The van der Waals surface area contributed by atoms with Crippen LogP contribution in [0, 0.1) is 10.5 Å². The first kappa shape index (κ1) is 16.1. The number of anilines is 1. The number of halogens is 4. The highest BCUT2D eigenvalue weighted by atomic mass is 127. The van der Waals surface area contributed by atoms with Crippen LogP contribution in [0.25, 0.3) is 0 Å². The lowest BCUT2D eigenvalue weighted by atomic mass is 10.2.